The van der Waals surface area contributed by atoms with Crippen molar-refractivity contribution in [3.8, 4) is 0 Å². The first-order chi connectivity index (χ1) is 9.63. The van der Waals surface area contributed by atoms with Crippen LogP contribution < -0.4 is 5.32 Å². The van der Waals surface area contributed by atoms with Crippen LogP contribution in [0.5, 0.6) is 0 Å². The van der Waals surface area contributed by atoms with Gasteiger partial charge in [0.15, 0.2) is 0 Å². The predicted molar refractivity (Wildman–Crippen MR) is 81.4 cm³/mol. The van der Waals surface area contributed by atoms with Crippen LogP contribution in [0.15, 0.2) is 24.3 Å². The third-order valence-corrected chi connectivity index (χ3v) is 3.83. The van der Waals surface area contributed by atoms with Crippen LogP contribution >= 0.6 is 0 Å². The van der Waals surface area contributed by atoms with Crippen molar-refractivity contribution in [3.63, 3.8) is 0 Å². The van der Waals surface area contributed by atoms with Gasteiger partial charge in [-0.15, -0.1) is 6.58 Å². The first-order valence-corrected chi connectivity index (χ1v) is 7.50. The van der Waals surface area contributed by atoms with E-state index in [1.54, 1.807) is 6.08 Å². The van der Waals surface area contributed by atoms with E-state index >= 15 is 0 Å². The molecule has 0 saturated carbocycles. The van der Waals surface area contributed by atoms with Gasteiger partial charge in [0.2, 0.25) is 5.91 Å². The summed E-state index contributed by atoms with van der Waals surface area (Å²) in [5, 5.41) is 3.02. The molecule has 1 N–H and O–H groups in total. The summed E-state index contributed by atoms with van der Waals surface area (Å²) in [5.41, 5.74) is 1.06. The van der Waals surface area contributed by atoms with E-state index in [1.807, 2.05) is 14.0 Å². The molecule has 1 heterocycles. The fourth-order valence-electron chi connectivity index (χ4n) is 2.77. The number of hydrogen-bond acceptors (Lipinski definition) is 2. The van der Waals surface area contributed by atoms with Crippen LogP contribution in [0.2, 0.25) is 0 Å². The highest BCUT2D eigenvalue weighted by Gasteiger charge is 2.29. The Labute approximate surface area is 121 Å². The van der Waals surface area contributed by atoms with Gasteiger partial charge in [-0.2, -0.15) is 0 Å². The van der Waals surface area contributed by atoms with E-state index < -0.39 is 6.67 Å². The number of alkyl halides is 1. The fraction of sp³-hybridized carbons (Fsp3) is 0.688. The summed E-state index contributed by atoms with van der Waals surface area (Å²) in [5.74, 6) is 0.0227. The Morgan fingerprint density at radius 1 is 1.60 bits per heavy atom. The topological polar surface area (TPSA) is 32.3 Å². The second kappa shape index (κ2) is 8.90. The Hall–Kier alpha value is -1.16. The first kappa shape index (κ1) is 16.9. The molecule has 2 atom stereocenters. The lowest BCUT2D eigenvalue weighted by Crippen LogP contribution is -2.46. The summed E-state index contributed by atoms with van der Waals surface area (Å²) < 4.78 is 12.8. The largest absolute Gasteiger partial charge is 0.348 e. The van der Waals surface area contributed by atoms with Crippen molar-refractivity contribution < 1.29 is 9.18 Å². The van der Waals surface area contributed by atoms with Crippen molar-refractivity contribution in [2.24, 2.45) is 0 Å². The number of carbonyl (C=O) groups is 1. The van der Waals surface area contributed by atoms with E-state index in [2.05, 4.69) is 22.9 Å². The molecule has 4 heteroatoms. The minimum Gasteiger partial charge on any atom is -0.348 e. The highest BCUT2D eigenvalue weighted by molar-refractivity contribution is 5.82. The minimum absolute atomic E-state index is 0.0227. The van der Waals surface area contributed by atoms with Crippen molar-refractivity contribution in [2.75, 3.05) is 20.3 Å². The fourth-order valence-corrected chi connectivity index (χ4v) is 2.77. The zero-order valence-corrected chi connectivity index (χ0v) is 12.7. The summed E-state index contributed by atoms with van der Waals surface area (Å²) in [6, 6.07) is -0.275. The Kier molecular flexibility index (Phi) is 7.52. The molecule has 0 aliphatic carbocycles. The highest BCUT2D eigenvalue weighted by Crippen LogP contribution is 2.18. The Morgan fingerprint density at radius 3 is 2.85 bits per heavy atom. The summed E-state index contributed by atoms with van der Waals surface area (Å²) >= 11 is 0. The van der Waals surface area contributed by atoms with Gasteiger partial charge >= 0.3 is 0 Å². The lowest BCUT2D eigenvalue weighted by Gasteiger charge is -2.25. The molecule has 1 aliphatic rings. The van der Waals surface area contributed by atoms with Gasteiger partial charge in [0, 0.05) is 0 Å². The molecule has 114 valence electrons. The number of halogens is 1. The molecule has 1 amide bonds. The molecule has 1 aliphatic heterocycles. The third-order valence-electron chi connectivity index (χ3n) is 3.83. The standard InChI is InChI=1S/C16H27FN2O/c1-4-7-13(8-5-2)14(10-11-17)18-16(20)15-9-6-12-19(15)3/h4,8,14-15H,1,5-7,9-12H2,2-3H3,(H,18,20)/b13-8-. The van der Waals surface area contributed by atoms with Gasteiger partial charge in [-0.1, -0.05) is 19.1 Å². The number of nitrogens with one attached hydrogen (secondary N) is 1. The molecule has 0 spiro atoms. The second-order valence-electron chi connectivity index (χ2n) is 5.36. The number of allylic oxidation sites excluding steroid dienone is 2. The Morgan fingerprint density at radius 2 is 2.35 bits per heavy atom. The van der Waals surface area contributed by atoms with E-state index in [1.165, 1.54) is 0 Å². The molecule has 0 aromatic heterocycles. The van der Waals surface area contributed by atoms with Crippen molar-refractivity contribution in [3.05, 3.63) is 24.3 Å². The van der Waals surface area contributed by atoms with E-state index in [0.717, 1.165) is 31.4 Å². The quantitative estimate of drug-likeness (QED) is 0.694. The second-order valence-corrected chi connectivity index (χ2v) is 5.36. The molecule has 0 aromatic carbocycles. The summed E-state index contributed by atoms with van der Waals surface area (Å²) in [7, 11) is 1.97. The lowest BCUT2D eigenvalue weighted by atomic mass is 9.99. The summed E-state index contributed by atoms with van der Waals surface area (Å²) in [6.07, 6.45) is 7.72. The number of hydrogen-bond donors (Lipinski definition) is 1. The molecule has 1 rings (SSSR count). The summed E-state index contributed by atoms with van der Waals surface area (Å²) in [6.45, 7) is 6.31. The maximum atomic E-state index is 12.8. The number of carbonyl (C=O) groups excluding carboxylic acids is 1. The zero-order valence-electron chi connectivity index (χ0n) is 12.7. The smallest absolute Gasteiger partial charge is 0.237 e. The van der Waals surface area contributed by atoms with Crippen molar-refractivity contribution in [2.45, 2.75) is 51.1 Å². The maximum Gasteiger partial charge on any atom is 0.237 e. The van der Waals surface area contributed by atoms with E-state index in [4.69, 9.17) is 0 Å². The average Bonchev–Trinajstić information content (AvgIpc) is 2.84. The molecule has 20 heavy (non-hydrogen) atoms. The molecule has 2 unspecified atom stereocenters. The monoisotopic (exact) mass is 282 g/mol. The van der Waals surface area contributed by atoms with Gasteiger partial charge in [0.05, 0.1) is 18.8 Å². The Balaban J connectivity index is 2.72. The third kappa shape index (κ3) is 4.75. The van der Waals surface area contributed by atoms with Gasteiger partial charge in [0.25, 0.3) is 0 Å². The summed E-state index contributed by atoms with van der Waals surface area (Å²) in [4.78, 5) is 14.4. The van der Waals surface area contributed by atoms with Crippen molar-refractivity contribution in [1.29, 1.82) is 0 Å². The molecular formula is C16H27FN2O. The van der Waals surface area contributed by atoms with Gasteiger partial charge in [-0.25, -0.2) is 0 Å². The van der Waals surface area contributed by atoms with Gasteiger partial charge < -0.3 is 5.32 Å². The average molecular weight is 282 g/mol. The molecule has 1 fully saturated rings. The predicted octanol–water partition coefficient (Wildman–Crippen LogP) is 2.84. The van der Waals surface area contributed by atoms with Gasteiger partial charge in [0.1, 0.15) is 0 Å². The SMILES string of the molecule is C=CC/C(=C/CC)C(CCF)NC(=O)C1CCCN1C. The number of rotatable bonds is 8. The molecule has 0 aromatic rings. The maximum absolute atomic E-state index is 12.8. The highest BCUT2D eigenvalue weighted by atomic mass is 19.1. The normalized spacial score (nSPS) is 21.8. The number of nitrogens with zero attached hydrogens (tertiary/aromatic N) is 1. The lowest BCUT2D eigenvalue weighted by molar-refractivity contribution is -0.125. The number of likely N-dealkylation sites (tertiary alicyclic amines) is 1. The molecule has 3 nitrogen and oxygen atoms in total. The molecule has 0 radical (unpaired) electrons. The van der Waals surface area contributed by atoms with Gasteiger partial charge in [-0.05, 0) is 51.3 Å². The molecule has 0 bridgehead atoms. The number of amides is 1. The van der Waals surface area contributed by atoms with Crippen LogP contribution in [0.1, 0.15) is 39.0 Å². The van der Waals surface area contributed by atoms with Crippen LogP contribution in [0.3, 0.4) is 0 Å². The van der Waals surface area contributed by atoms with Crippen molar-refractivity contribution >= 4 is 5.91 Å². The Bertz CT molecular complexity index is 354. The first-order valence-electron chi connectivity index (χ1n) is 7.50. The molecular weight excluding hydrogens is 255 g/mol. The van der Waals surface area contributed by atoms with Crippen LogP contribution in [-0.2, 0) is 4.79 Å². The van der Waals surface area contributed by atoms with Crippen LogP contribution in [0, 0.1) is 0 Å². The zero-order chi connectivity index (χ0) is 15.0. The van der Waals surface area contributed by atoms with Crippen LogP contribution in [0.4, 0.5) is 4.39 Å². The van der Waals surface area contributed by atoms with E-state index in [9.17, 15) is 9.18 Å². The van der Waals surface area contributed by atoms with Crippen LogP contribution in [0.25, 0.3) is 0 Å². The van der Waals surface area contributed by atoms with Crippen molar-refractivity contribution in [1.82, 2.24) is 10.2 Å². The van der Waals surface area contributed by atoms with E-state index in [-0.39, 0.29) is 18.0 Å². The van der Waals surface area contributed by atoms with Gasteiger partial charge in [-0.3, -0.25) is 14.1 Å². The molecule has 1 saturated heterocycles. The van der Waals surface area contributed by atoms with Crippen LogP contribution in [-0.4, -0.2) is 43.2 Å². The number of likely N-dealkylation sites (N-methyl/N-ethyl adjacent to an activating group) is 1. The minimum atomic E-state index is -0.427. The van der Waals surface area contributed by atoms with E-state index in [0.29, 0.717) is 12.8 Å².